The molecule has 0 fully saturated rings. The van der Waals surface area contributed by atoms with Crippen LogP contribution in [-0.2, 0) is 13.0 Å². The maximum absolute atomic E-state index is 13.0. The number of pyridine rings is 1. The molecule has 4 heteroatoms. The van der Waals surface area contributed by atoms with Crippen LogP contribution in [0.25, 0.3) is 0 Å². The Morgan fingerprint density at radius 3 is 2.59 bits per heavy atom. The van der Waals surface area contributed by atoms with Crippen molar-refractivity contribution in [1.29, 1.82) is 0 Å². The van der Waals surface area contributed by atoms with Gasteiger partial charge in [-0.1, -0.05) is 48.5 Å². The molecule has 0 radical (unpaired) electrons. The SMILES string of the molecule is CN(Cc1ccccc1)c1ccc(C(=O)N2CCCc3ccccc32)cn1. The van der Waals surface area contributed by atoms with Crippen molar-refractivity contribution in [2.75, 3.05) is 23.4 Å². The highest BCUT2D eigenvalue weighted by Gasteiger charge is 2.23. The van der Waals surface area contributed by atoms with Crippen molar-refractivity contribution in [2.24, 2.45) is 0 Å². The summed E-state index contributed by atoms with van der Waals surface area (Å²) < 4.78 is 0. The number of benzene rings is 2. The van der Waals surface area contributed by atoms with Crippen LogP contribution in [-0.4, -0.2) is 24.5 Å². The fraction of sp³-hybridized carbons (Fsp3) is 0.217. The van der Waals surface area contributed by atoms with E-state index in [4.69, 9.17) is 0 Å². The molecule has 0 aliphatic carbocycles. The molecular formula is C23H23N3O. The second kappa shape index (κ2) is 7.62. The number of hydrogen-bond acceptors (Lipinski definition) is 3. The van der Waals surface area contributed by atoms with Crippen molar-refractivity contribution in [1.82, 2.24) is 4.98 Å². The van der Waals surface area contributed by atoms with E-state index in [2.05, 4.69) is 28.1 Å². The summed E-state index contributed by atoms with van der Waals surface area (Å²) in [4.78, 5) is 21.5. The number of anilines is 2. The minimum Gasteiger partial charge on any atom is -0.355 e. The van der Waals surface area contributed by atoms with E-state index in [1.54, 1.807) is 6.20 Å². The highest BCUT2D eigenvalue weighted by Crippen LogP contribution is 2.28. The molecule has 4 rings (SSSR count). The van der Waals surface area contributed by atoms with Gasteiger partial charge in [0.15, 0.2) is 0 Å². The van der Waals surface area contributed by atoms with Gasteiger partial charge in [-0.25, -0.2) is 4.98 Å². The van der Waals surface area contributed by atoms with Crippen LogP contribution in [0.1, 0.15) is 27.9 Å². The van der Waals surface area contributed by atoms with Crippen LogP contribution >= 0.6 is 0 Å². The molecule has 0 bridgehead atoms. The van der Waals surface area contributed by atoms with Crippen LogP contribution < -0.4 is 9.80 Å². The number of rotatable bonds is 4. The molecule has 0 unspecified atom stereocenters. The summed E-state index contributed by atoms with van der Waals surface area (Å²) in [5, 5.41) is 0. The van der Waals surface area contributed by atoms with E-state index < -0.39 is 0 Å². The van der Waals surface area contributed by atoms with Gasteiger partial charge in [0, 0.05) is 32.0 Å². The van der Waals surface area contributed by atoms with Gasteiger partial charge in [-0.15, -0.1) is 0 Å². The Kier molecular flexibility index (Phi) is 4.88. The van der Waals surface area contributed by atoms with Crippen LogP contribution in [0.4, 0.5) is 11.5 Å². The van der Waals surface area contributed by atoms with Gasteiger partial charge in [-0.2, -0.15) is 0 Å². The first-order valence-electron chi connectivity index (χ1n) is 9.33. The Labute approximate surface area is 160 Å². The normalized spacial score (nSPS) is 13.1. The number of aromatic nitrogens is 1. The monoisotopic (exact) mass is 357 g/mol. The minimum atomic E-state index is 0.0203. The van der Waals surface area contributed by atoms with Gasteiger partial charge in [-0.05, 0) is 42.2 Å². The zero-order valence-electron chi connectivity index (χ0n) is 15.5. The minimum absolute atomic E-state index is 0.0203. The van der Waals surface area contributed by atoms with Crippen LogP contribution in [0.2, 0.25) is 0 Å². The summed E-state index contributed by atoms with van der Waals surface area (Å²) in [5.41, 5.74) is 4.12. The highest BCUT2D eigenvalue weighted by atomic mass is 16.2. The van der Waals surface area contributed by atoms with E-state index >= 15 is 0 Å². The van der Waals surface area contributed by atoms with Gasteiger partial charge >= 0.3 is 0 Å². The highest BCUT2D eigenvalue weighted by molar-refractivity contribution is 6.06. The predicted octanol–water partition coefficient (Wildman–Crippen LogP) is 4.31. The van der Waals surface area contributed by atoms with Gasteiger partial charge in [0.1, 0.15) is 5.82 Å². The third kappa shape index (κ3) is 3.70. The van der Waals surface area contributed by atoms with Crippen molar-refractivity contribution in [2.45, 2.75) is 19.4 Å². The van der Waals surface area contributed by atoms with Crippen molar-refractivity contribution in [3.8, 4) is 0 Å². The average molecular weight is 357 g/mol. The Morgan fingerprint density at radius 1 is 1.04 bits per heavy atom. The molecule has 4 nitrogen and oxygen atoms in total. The predicted molar refractivity (Wildman–Crippen MR) is 109 cm³/mol. The molecule has 2 heterocycles. The van der Waals surface area contributed by atoms with Crippen molar-refractivity contribution >= 4 is 17.4 Å². The number of nitrogens with zero attached hydrogens (tertiary/aromatic N) is 3. The van der Waals surface area contributed by atoms with Gasteiger partial charge in [-0.3, -0.25) is 4.79 Å². The van der Waals surface area contributed by atoms with Crippen LogP contribution in [0.15, 0.2) is 72.9 Å². The second-order valence-corrected chi connectivity index (χ2v) is 6.94. The molecule has 0 N–H and O–H groups in total. The first-order chi connectivity index (χ1) is 13.2. The molecule has 1 amide bonds. The average Bonchev–Trinajstić information content (AvgIpc) is 2.73. The number of fused-ring (bicyclic) bond motifs is 1. The van der Waals surface area contributed by atoms with E-state index in [1.807, 2.05) is 60.5 Å². The summed E-state index contributed by atoms with van der Waals surface area (Å²) in [7, 11) is 2.01. The van der Waals surface area contributed by atoms with Crippen molar-refractivity contribution in [3.05, 3.63) is 89.6 Å². The van der Waals surface area contributed by atoms with Gasteiger partial charge in [0.05, 0.1) is 5.56 Å². The molecule has 136 valence electrons. The Hall–Kier alpha value is -3.14. The lowest BCUT2D eigenvalue weighted by molar-refractivity contribution is 0.0985. The number of aryl methyl sites for hydroxylation is 1. The molecule has 1 aromatic heterocycles. The Bertz CT molecular complexity index is 922. The number of carbonyl (C=O) groups is 1. The summed E-state index contributed by atoms with van der Waals surface area (Å²) in [6, 6.07) is 22.2. The van der Waals surface area contributed by atoms with E-state index in [0.717, 1.165) is 37.4 Å². The van der Waals surface area contributed by atoms with E-state index in [0.29, 0.717) is 5.56 Å². The van der Waals surface area contributed by atoms with Crippen molar-refractivity contribution < 1.29 is 4.79 Å². The van der Waals surface area contributed by atoms with Gasteiger partial charge in [0.2, 0.25) is 0 Å². The molecule has 0 spiro atoms. The molecule has 1 aliphatic rings. The van der Waals surface area contributed by atoms with E-state index in [-0.39, 0.29) is 5.91 Å². The quantitative estimate of drug-likeness (QED) is 0.698. The zero-order valence-corrected chi connectivity index (χ0v) is 15.5. The second-order valence-electron chi connectivity index (χ2n) is 6.94. The fourth-order valence-corrected chi connectivity index (χ4v) is 3.58. The van der Waals surface area contributed by atoms with Crippen LogP contribution in [0, 0.1) is 0 Å². The molecule has 0 saturated carbocycles. The lowest BCUT2D eigenvalue weighted by Crippen LogP contribution is -2.35. The third-order valence-electron chi connectivity index (χ3n) is 5.00. The molecule has 3 aromatic rings. The summed E-state index contributed by atoms with van der Waals surface area (Å²) in [6.45, 7) is 1.53. The summed E-state index contributed by atoms with van der Waals surface area (Å²) in [5.74, 6) is 0.876. The standard InChI is InChI=1S/C23H23N3O/c1-25(17-18-8-3-2-4-9-18)22-14-13-20(16-24-22)23(27)26-15-7-11-19-10-5-6-12-21(19)26/h2-6,8-10,12-14,16H,7,11,15,17H2,1H3. The smallest absolute Gasteiger partial charge is 0.259 e. The topological polar surface area (TPSA) is 36.4 Å². The fourth-order valence-electron chi connectivity index (χ4n) is 3.58. The van der Waals surface area contributed by atoms with Gasteiger partial charge in [0.25, 0.3) is 5.91 Å². The summed E-state index contributed by atoms with van der Waals surface area (Å²) in [6.07, 6.45) is 3.71. The maximum Gasteiger partial charge on any atom is 0.259 e. The molecule has 27 heavy (non-hydrogen) atoms. The molecule has 0 saturated heterocycles. The first-order valence-corrected chi connectivity index (χ1v) is 9.33. The largest absolute Gasteiger partial charge is 0.355 e. The lowest BCUT2D eigenvalue weighted by atomic mass is 10.0. The molecule has 0 atom stereocenters. The van der Waals surface area contributed by atoms with E-state index in [1.165, 1.54) is 11.1 Å². The summed E-state index contributed by atoms with van der Waals surface area (Å²) >= 11 is 0. The van der Waals surface area contributed by atoms with Crippen LogP contribution in [0.3, 0.4) is 0 Å². The first kappa shape index (κ1) is 17.3. The number of carbonyl (C=O) groups excluding carboxylic acids is 1. The third-order valence-corrected chi connectivity index (χ3v) is 5.00. The number of para-hydroxylation sites is 1. The zero-order chi connectivity index (χ0) is 18.6. The van der Waals surface area contributed by atoms with E-state index in [9.17, 15) is 4.79 Å². The van der Waals surface area contributed by atoms with Crippen LogP contribution in [0.5, 0.6) is 0 Å². The lowest BCUT2D eigenvalue weighted by Gasteiger charge is -2.29. The molecular weight excluding hydrogens is 334 g/mol. The molecule has 1 aliphatic heterocycles. The van der Waals surface area contributed by atoms with Gasteiger partial charge < -0.3 is 9.80 Å². The Morgan fingerprint density at radius 2 is 1.81 bits per heavy atom. The maximum atomic E-state index is 13.0. The number of hydrogen-bond donors (Lipinski definition) is 0. The number of amides is 1. The molecule has 2 aromatic carbocycles. The van der Waals surface area contributed by atoms with Crippen molar-refractivity contribution in [3.63, 3.8) is 0 Å². The Balaban J connectivity index is 1.50.